The van der Waals surface area contributed by atoms with E-state index >= 15 is 0 Å². The van der Waals surface area contributed by atoms with Gasteiger partial charge in [0.1, 0.15) is 18.0 Å². The van der Waals surface area contributed by atoms with Gasteiger partial charge in [-0.2, -0.15) is 5.10 Å². The summed E-state index contributed by atoms with van der Waals surface area (Å²) in [5.74, 6) is -0.526. The fourth-order valence-corrected chi connectivity index (χ4v) is 4.47. The number of thioether (sulfide) groups is 1. The average molecular weight is 359 g/mol. The second-order valence-electron chi connectivity index (χ2n) is 5.14. The molecule has 0 N–H and O–H groups in total. The van der Waals surface area contributed by atoms with Gasteiger partial charge in [-0.05, 0) is 41.6 Å². The summed E-state index contributed by atoms with van der Waals surface area (Å²) in [5.41, 5.74) is 2.07. The Kier molecular flexibility index (Phi) is 5.42. The smallest absolute Gasteiger partial charge is 0.185 e. The second kappa shape index (κ2) is 7.72. The van der Waals surface area contributed by atoms with E-state index in [0.717, 1.165) is 16.3 Å². The van der Waals surface area contributed by atoms with Gasteiger partial charge in [-0.1, -0.05) is 36.0 Å². The SMILES string of the molecule is CSc1ncnn1C[Si]C(c1ccc(F)cc1)c1ccc(F)cc1. The van der Waals surface area contributed by atoms with Crippen LogP contribution in [0.3, 0.4) is 0 Å². The van der Waals surface area contributed by atoms with E-state index in [1.165, 1.54) is 24.3 Å². The molecule has 0 amide bonds. The first-order valence-electron chi connectivity index (χ1n) is 7.33. The van der Waals surface area contributed by atoms with Crippen molar-refractivity contribution in [3.05, 3.63) is 77.6 Å². The van der Waals surface area contributed by atoms with E-state index in [2.05, 4.69) is 10.1 Å². The molecule has 7 heteroatoms. The number of hydrogen-bond acceptors (Lipinski definition) is 3. The van der Waals surface area contributed by atoms with E-state index < -0.39 is 0 Å². The molecule has 0 aliphatic carbocycles. The molecule has 0 fully saturated rings. The van der Waals surface area contributed by atoms with Gasteiger partial charge in [-0.15, -0.1) is 0 Å². The molecule has 3 aromatic rings. The summed E-state index contributed by atoms with van der Waals surface area (Å²) in [7, 11) is 0.468. The highest BCUT2D eigenvalue weighted by atomic mass is 32.2. The molecule has 3 rings (SSSR count). The highest BCUT2D eigenvalue weighted by Gasteiger charge is 2.17. The first-order valence-corrected chi connectivity index (χ1v) is 9.84. The minimum atomic E-state index is -0.263. The zero-order chi connectivity index (χ0) is 16.9. The van der Waals surface area contributed by atoms with Gasteiger partial charge in [0, 0.05) is 11.7 Å². The lowest BCUT2D eigenvalue weighted by molar-refractivity contribution is 0.626. The number of nitrogens with zero attached hydrogens (tertiary/aromatic N) is 3. The van der Waals surface area contributed by atoms with Crippen LogP contribution in [-0.4, -0.2) is 30.5 Å². The standard InChI is InChI=1S/C17H15F2N3SSi/c1-23-17-20-10-21-22(17)11-24-16(12-2-6-14(18)7-3-12)13-4-8-15(19)9-5-13/h2-10,16H,11H2,1H3. The van der Waals surface area contributed by atoms with Gasteiger partial charge in [-0.3, -0.25) is 0 Å². The summed E-state index contributed by atoms with van der Waals surface area (Å²) in [6, 6.07) is 13.0. The summed E-state index contributed by atoms with van der Waals surface area (Å²) in [5, 5.41) is 5.11. The maximum Gasteiger partial charge on any atom is 0.185 e. The first-order chi connectivity index (χ1) is 11.7. The van der Waals surface area contributed by atoms with Crippen molar-refractivity contribution in [2.45, 2.75) is 16.9 Å². The quantitative estimate of drug-likeness (QED) is 0.496. The van der Waals surface area contributed by atoms with E-state index in [9.17, 15) is 8.78 Å². The predicted octanol–water partition coefficient (Wildman–Crippen LogP) is 3.73. The Hall–Kier alpha value is -1.99. The molecule has 0 aliphatic rings. The van der Waals surface area contributed by atoms with E-state index in [1.54, 1.807) is 42.4 Å². The van der Waals surface area contributed by atoms with Crippen LogP contribution in [-0.2, 0) is 6.17 Å². The summed E-state index contributed by atoms with van der Waals surface area (Å²) in [4.78, 5) is 4.20. The summed E-state index contributed by atoms with van der Waals surface area (Å²) in [6.45, 7) is 0. The van der Waals surface area contributed by atoms with Crippen LogP contribution in [0.25, 0.3) is 0 Å². The highest BCUT2D eigenvalue weighted by molar-refractivity contribution is 7.98. The van der Waals surface area contributed by atoms with Crippen LogP contribution in [0.1, 0.15) is 16.7 Å². The van der Waals surface area contributed by atoms with Crippen LogP contribution in [0.2, 0.25) is 0 Å². The predicted molar refractivity (Wildman–Crippen MR) is 92.2 cm³/mol. The van der Waals surface area contributed by atoms with Crippen molar-refractivity contribution in [1.82, 2.24) is 14.8 Å². The second-order valence-corrected chi connectivity index (χ2v) is 7.22. The molecule has 0 atom stereocenters. The van der Waals surface area contributed by atoms with Crippen molar-refractivity contribution in [1.29, 1.82) is 0 Å². The molecular formula is C17H15F2N3SSi. The van der Waals surface area contributed by atoms with Gasteiger partial charge in [-0.25, -0.2) is 18.4 Å². The Morgan fingerprint density at radius 3 is 2.04 bits per heavy atom. The van der Waals surface area contributed by atoms with Gasteiger partial charge in [0.2, 0.25) is 0 Å². The minimum Gasteiger partial charge on any atom is -0.244 e. The van der Waals surface area contributed by atoms with E-state index in [0.29, 0.717) is 15.7 Å². The number of hydrogen-bond donors (Lipinski definition) is 0. The van der Waals surface area contributed by atoms with E-state index in [-0.39, 0.29) is 17.2 Å². The number of rotatable bonds is 6. The van der Waals surface area contributed by atoms with E-state index in [4.69, 9.17) is 0 Å². The average Bonchev–Trinajstić information content (AvgIpc) is 3.05. The highest BCUT2D eigenvalue weighted by Crippen LogP contribution is 2.25. The van der Waals surface area contributed by atoms with Crippen LogP contribution in [0.4, 0.5) is 8.78 Å². The molecule has 0 unspecified atom stereocenters. The van der Waals surface area contributed by atoms with Crippen molar-refractivity contribution >= 4 is 21.3 Å². The molecule has 122 valence electrons. The molecule has 0 bridgehead atoms. The van der Waals surface area contributed by atoms with Crippen molar-refractivity contribution in [3.63, 3.8) is 0 Å². The fourth-order valence-electron chi connectivity index (χ4n) is 2.44. The van der Waals surface area contributed by atoms with Crippen LogP contribution >= 0.6 is 11.8 Å². The molecule has 2 radical (unpaired) electrons. The van der Waals surface area contributed by atoms with Gasteiger partial charge in [0.25, 0.3) is 0 Å². The third-order valence-corrected chi connectivity index (χ3v) is 5.85. The Bertz CT molecular complexity index is 745. The molecule has 2 aromatic carbocycles. The lowest BCUT2D eigenvalue weighted by Gasteiger charge is -2.18. The van der Waals surface area contributed by atoms with Crippen LogP contribution < -0.4 is 0 Å². The maximum atomic E-state index is 13.2. The van der Waals surface area contributed by atoms with Crippen LogP contribution in [0.5, 0.6) is 0 Å². The summed E-state index contributed by atoms with van der Waals surface area (Å²) >= 11 is 1.54. The minimum absolute atomic E-state index is 0.0603. The maximum absolute atomic E-state index is 13.2. The third-order valence-electron chi connectivity index (χ3n) is 3.61. The third kappa shape index (κ3) is 3.91. The monoisotopic (exact) mass is 359 g/mol. The summed E-state index contributed by atoms with van der Waals surface area (Å²) in [6.07, 6.45) is 4.21. The molecule has 3 nitrogen and oxygen atoms in total. The van der Waals surface area contributed by atoms with Crippen molar-refractivity contribution < 1.29 is 8.78 Å². The first kappa shape index (κ1) is 16.9. The normalized spacial score (nSPS) is 11.2. The zero-order valence-electron chi connectivity index (χ0n) is 13.0. The van der Waals surface area contributed by atoms with Crippen molar-refractivity contribution in [2.75, 3.05) is 6.26 Å². The van der Waals surface area contributed by atoms with Gasteiger partial charge in [0.15, 0.2) is 5.16 Å². The van der Waals surface area contributed by atoms with Gasteiger partial charge in [0.05, 0.1) is 9.52 Å². The topological polar surface area (TPSA) is 30.7 Å². The summed E-state index contributed by atoms with van der Waals surface area (Å²) < 4.78 is 28.3. The Morgan fingerprint density at radius 2 is 1.54 bits per heavy atom. The zero-order valence-corrected chi connectivity index (χ0v) is 14.8. The Balaban J connectivity index is 1.87. The molecule has 0 aliphatic heterocycles. The van der Waals surface area contributed by atoms with E-state index in [1.807, 2.05) is 10.9 Å². The number of halogens is 2. The lowest BCUT2D eigenvalue weighted by Crippen LogP contribution is -2.18. The molecule has 1 heterocycles. The molecule has 0 saturated carbocycles. The molecule has 0 spiro atoms. The lowest BCUT2D eigenvalue weighted by atomic mass is 10.0. The Morgan fingerprint density at radius 1 is 1.00 bits per heavy atom. The van der Waals surface area contributed by atoms with Crippen molar-refractivity contribution in [2.24, 2.45) is 0 Å². The number of aromatic nitrogens is 3. The molecule has 1 aromatic heterocycles. The van der Waals surface area contributed by atoms with Crippen LogP contribution in [0.15, 0.2) is 60.0 Å². The van der Waals surface area contributed by atoms with Crippen molar-refractivity contribution in [3.8, 4) is 0 Å². The molecular weight excluding hydrogens is 344 g/mol. The van der Waals surface area contributed by atoms with Crippen LogP contribution in [0, 0.1) is 11.6 Å². The van der Waals surface area contributed by atoms with Gasteiger partial charge >= 0.3 is 0 Å². The largest absolute Gasteiger partial charge is 0.244 e. The number of benzene rings is 2. The fraction of sp³-hybridized carbons (Fsp3) is 0.176. The molecule has 0 saturated heterocycles. The molecule has 24 heavy (non-hydrogen) atoms. The van der Waals surface area contributed by atoms with Gasteiger partial charge < -0.3 is 0 Å². The Labute approximate surface area is 145 Å².